The molecule has 7 atom stereocenters. The van der Waals surface area contributed by atoms with E-state index < -0.39 is 17.3 Å². The molecule has 1 aromatic carbocycles. The number of fused-ring (bicyclic) bond motifs is 2. The van der Waals surface area contributed by atoms with Crippen molar-refractivity contribution in [2.24, 2.45) is 22.7 Å². The zero-order valence-electron chi connectivity index (χ0n) is 20.5. The van der Waals surface area contributed by atoms with Crippen molar-refractivity contribution in [1.82, 2.24) is 4.90 Å². The predicted molar refractivity (Wildman–Crippen MR) is 125 cm³/mol. The Bertz CT molecular complexity index is 1040. The van der Waals surface area contributed by atoms with Crippen LogP contribution in [0, 0.1) is 22.7 Å². The third kappa shape index (κ3) is 2.22. The van der Waals surface area contributed by atoms with Gasteiger partial charge in [-0.25, -0.2) is 0 Å². The molecular formula is C28H39NO4. The van der Waals surface area contributed by atoms with Crippen molar-refractivity contribution < 1.29 is 20.1 Å². The second-order valence-electron chi connectivity index (χ2n) is 13.6. The SMILES string of the molecule is CC(C)(C)[C@@](C)(O)[C@H]1C[C@@]23CCC1(O)[C@@H]1Oc4c(O)ccc5c4[C@@]12CCN(CC1CC1)[C@@H]3C5. The summed E-state index contributed by atoms with van der Waals surface area (Å²) in [6, 6.07) is 4.30. The predicted octanol–water partition coefficient (Wildman–Crippen LogP) is 3.76. The first kappa shape index (κ1) is 21.0. The van der Waals surface area contributed by atoms with Crippen LogP contribution in [0.4, 0.5) is 0 Å². The zero-order valence-corrected chi connectivity index (χ0v) is 20.5. The van der Waals surface area contributed by atoms with Gasteiger partial charge in [-0.3, -0.25) is 4.90 Å². The lowest BCUT2D eigenvalue weighted by Gasteiger charge is -2.75. The van der Waals surface area contributed by atoms with E-state index >= 15 is 0 Å². The molecule has 2 aliphatic heterocycles. The Morgan fingerprint density at radius 2 is 1.88 bits per heavy atom. The molecule has 2 spiro atoms. The van der Waals surface area contributed by atoms with Crippen molar-refractivity contribution in [1.29, 1.82) is 0 Å². The first-order chi connectivity index (χ1) is 15.5. The van der Waals surface area contributed by atoms with Gasteiger partial charge in [-0.15, -0.1) is 0 Å². The van der Waals surface area contributed by atoms with Crippen molar-refractivity contribution >= 4 is 0 Å². The van der Waals surface area contributed by atoms with E-state index in [1.807, 2.05) is 6.92 Å². The molecule has 7 aliphatic rings. The van der Waals surface area contributed by atoms with Crippen LogP contribution in [0.5, 0.6) is 11.5 Å². The largest absolute Gasteiger partial charge is 0.504 e. The van der Waals surface area contributed by atoms with E-state index in [0.29, 0.717) is 18.2 Å². The van der Waals surface area contributed by atoms with E-state index in [4.69, 9.17) is 4.74 Å². The fourth-order valence-corrected chi connectivity index (χ4v) is 9.26. The maximum Gasteiger partial charge on any atom is 0.165 e. The number of rotatable bonds is 3. The third-order valence-corrected chi connectivity index (χ3v) is 11.5. The summed E-state index contributed by atoms with van der Waals surface area (Å²) in [5.74, 6) is 1.39. The summed E-state index contributed by atoms with van der Waals surface area (Å²) >= 11 is 0. The highest BCUT2D eigenvalue weighted by Gasteiger charge is 2.81. The summed E-state index contributed by atoms with van der Waals surface area (Å²) in [6.45, 7) is 10.4. The van der Waals surface area contributed by atoms with E-state index in [1.54, 1.807) is 6.07 Å². The topological polar surface area (TPSA) is 73.2 Å². The molecule has 5 aliphatic carbocycles. The number of hydrogen-bond donors (Lipinski definition) is 3. The lowest BCUT2D eigenvalue weighted by Crippen LogP contribution is -2.82. The molecule has 0 aromatic heterocycles. The summed E-state index contributed by atoms with van der Waals surface area (Å²) in [7, 11) is 0. The number of aliphatic hydroxyl groups is 2. The Morgan fingerprint density at radius 3 is 2.58 bits per heavy atom. The number of ether oxygens (including phenoxy) is 1. The van der Waals surface area contributed by atoms with Gasteiger partial charge in [0.1, 0.15) is 11.7 Å². The maximum atomic E-state index is 12.5. The fraction of sp³-hybridized carbons (Fsp3) is 0.786. The Kier molecular flexibility index (Phi) is 3.76. The molecule has 1 saturated heterocycles. The van der Waals surface area contributed by atoms with Crippen molar-refractivity contribution in [3.63, 3.8) is 0 Å². The molecule has 5 fully saturated rings. The highest BCUT2D eigenvalue weighted by Crippen LogP contribution is 2.77. The highest BCUT2D eigenvalue weighted by atomic mass is 16.5. The maximum absolute atomic E-state index is 12.5. The van der Waals surface area contributed by atoms with E-state index in [-0.39, 0.29) is 27.9 Å². The quantitative estimate of drug-likeness (QED) is 0.650. The molecule has 4 saturated carbocycles. The van der Waals surface area contributed by atoms with Crippen molar-refractivity contribution in [2.45, 2.75) is 101 Å². The van der Waals surface area contributed by atoms with Gasteiger partial charge in [0.25, 0.3) is 0 Å². The van der Waals surface area contributed by atoms with Gasteiger partial charge in [0.05, 0.1) is 5.60 Å². The first-order valence-electron chi connectivity index (χ1n) is 13.2. The minimum atomic E-state index is -1.11. The smallest absolute Gasteiger partial charge is 0.165 e. The lowest BCUT2D eigenvalue weighted by atomic mass is 9.33. The number of phenolic OH excluding ortho intramolecular Hbond substituents is 1. The number of nitrogens with zero attached hydrogens (tertiary/aromatic N) is 1. The van der Waals surface area contributed by atoms with E-state index in [2.05, 4.69) is 31.7 Å². The molecule has 8 rings (SSSR count). The van der Waals surface area contributed by atoms with Crippen LogP contribution in [0.25, 0.3) is 0 Å². The van der Waals surface area contributed by atoms with Gasteiger partial charge in [-0.05, 0) is 81.4 Å². The second-order valence-corrected chi connectivity index (χ2v) is 13.6. The van der Waals surface area contributed by atoms with Crippen LogP contribution in [0.3, 0.4) is 0 Å². The Hall–Kier alpha value is -1.30. The first-order valence-corrected chi connectivity index (χ1v) is 13.2. The normalized spacial score (nSPS) is 44.8. The van der Waals surface area contributed by atoms with Gasteiger partial charge >= 0.3 is 0 Å². The molecule has 5 nitrogen and oxygen atoms in total. The van der Waals surface area contributed by atoms with Gasteiger partial charge in [-0.1, -0.05) is 26.8 Å². The van der Waals surface area contributed by atoms with Crippen LogP contribution in [0.15, 0.2) is 12.1 Å². The van der Waals surface area contributed by atoms with Crippen LogP contribution in [-0.2, 0) is 11.8 Å². The van der Waals surface area contributed by atoms with Gasteiger partial charge in [-0.2, -0.15) is 0 Å². The molecule has 4 bridgehead atoms. The van der Waals surface area contributed by atoms with Gasteiger partial charge in [0, 0.05) is 34.9 Å². The zero-order chi connectivity index (χ0) is 23.2. The molecule has 180 valence electrons. The lowest BCUT2D eigenvalue weighted by molar-refractivity contribution is -0.305. The number of piperidine rings is 1. The van der Waals surface area contributed by atoms with Crippen molar-refractivity contribution in [3.05, 3.63) is 23.3 Å². The van der Waals surface area contributed by atoms with Crippen LogP contribution < -0.4 is 4.74 Å². The van der Waals surface area contributed by atoms with Crippen LogP contribution >= 0.6 is 0 Å². The van der Waals surface area contributed by atoms with Crippen LogP contribution in [0.2, 0.25) is 0 Å². The van der Waals surface area contributed by atoms with E-state index in [0.717, 1.165) is 38.1 Å². The Morgan fingerprint density at radius 1 is 1.12 bits per heavy atom. The number of aromatic hydroxyl groups is 1. The molecule has 1 unspecified atom stereocenters. The summed E-state index contributed by atoms with van der Waals surface area (Å²) in [5.41, 5.74) is -0.323. The Labute approximate surface area is 197 Å². The van der Waals surface area contributed by atoms with Gasteiger partial charge < -0.3 is 20.1 Å². The molecule has 5 heteroatoms. The third-order valence-electron chi connectivity index (χ3n) is 11.5. The van der Waals surface area contributed by atoms with Crippen LogP contribution in [-0.4, -0.2) is 56.7 Å². The summed E-state index contributed by atoms with van der Waals surface area (Å²) in [4.78, 5) is 2.77. The number of likely N-dealkylation sites (tertiary alicyclic amines) is 1. The number of phenols is 1. The second kappa shape index (κ2) is 5.91. The van der Waals surface area contributed by atoms with Crippen LogP contribution in [0.1, 0.15) is 77.3 Å². The minimum Gasteiger partial charge on any atom is -0.504 e. The number of benzene rings is 1. The summed E-state index contributed by atoms with van der Waals surface area (Å²) < 4.78 is 6.68. The highest BCUT2D eigenvalue weighted by molar-refractivity contribution is 5.63. The summed E-state index contributed by atoms with van der Waals surface area (Å²) in [5, 5.41) is 35.3. The fourth-order valence-electron chi connectivity index (χ4n) is 9.26. The Balaban J connectivity index is 1.46. The number of hydrogen-bond acceptors (Lipinski definition) is 5. The molecule has 0 amide bonds. The molecule has 2 heterocycles. The molecular weight excluding hydrogens is 414 g/mol. The average Bonchev–Trinajstić information content (AvgIpc) is 3.48. The molecule has 0 radical (unpaired) electrons. The van der Waals surface area contributed by atoms with Gasteiger partial charge in [0.2, 0.25) is 0 Å². The van der Waals surface area contributed by atoms with Crippen molar-refractivity contribution in [2.75, 3.05) is 13.1 Å². The molecule has 1 aromatic rings. The van der Waals surface area contributed by atoms with E-state index in [1.165, 1.54) is 30.5 Å². The molecule has 33 heavy (non-hydrogen) atoms. The van der Waals surface area contributed by atoms with Crippen molar-refractivity contribution in [3.8, 4) is 11.5 Å². The van der Waals surface area contributed by atoms with E-state index in [9.17, 15) is 15.3 Å². The standard InChI is InChI=1S/C28H39NO4/c1-24(2,3)25(4,31)19-14-26-9-10-28(19,32)23-27(26)11-12-29(15-16-5-6-16)20(26)13-17-7-8-18(30)22(33-23)21(17)27/h7-8,16,19-20,23,30-32H,5-6,9-15H2,1-4H3/t19-,20-,23-,25+,26-,27+,28?/m1/s1. The minimum absolute atomic E-state index is 0.0404. The monoisotopic (exact) mass is 453 g/mol. The van der Waals surface area contributed by atoms with Gasteiger partial charge in [0.15, 0.2) is 11.5 Å². The summed E-state index contributed by atoms with van der Waals surface area (Å²) in [6.07, 6.45) is 6.71. The average molecular weight is 454 g/mol. The molecule has 3 N–H and O–H groups in total.